The lowest BCUT2D eigenvalue weighted by Crippen LogP contribution is -2.29. The lowest BCUT2D eigenvalue weighted by Gasteiger charge is -2.08. The predicted octanol–water partition coefficient (Wildman–Crippen LogP) is 1.88. The van der Waals surface area contributed by atoms with Crippen LogP contribution in [-0.2, 0) is 13.1 Å². The van der Waals surface area contributed by atoms with Crippen LogP contribution in [0.4, 0.5) is 10.6 Å². The number of hydrogen-bond donors (Lipinski definition) is 2. The summed E-state index contributed by atoms with van der Waals surface area (Å²) in [5, 5.41) is 12.8. The van der Waals surface area contributed by atoms with Crippen LogP contribution in [0, 0.1) is 6.92 Å². The average molecular weight is 345 g/mol. The fraction of sp³-hybridized carbons (Fsp3) is 0.333. The number of aryl methyl sites for hydroxylation is 1. The molecule has 0 atom stereocenters. The molecule has 2 N–H and O–H groups in total. The molecule has 8 nitrogen and oxygen atoms in total. The van der Waals surface area contributed by atoms with Crippen molar-refractivity contribution in [2.75, 3.05) is 19.4 Å². The van der Waals surface area contributed by atoms with Crippen molar-refractivity contribution in [1.29, 1.82) is 0 Å². The zero-order chi connectivity index (χ0) is 17.1. The number of nitrogens with one attached hydrogen (secondary N) is 2. The molecule has 0 aliphatic heterocycles. The summed E-state index contributed by atoms with van der Waals surface area (Å²) >= 11 is 1.54. The first-order valence-electron chi connectivity index (χ1n) is 7.45. The van der Waals surface area contributed by atoms with Gasteiger partial charge in [0.05, 0.1) is 17.9 Å². The Balaban J connectivity index is 1.60. The lowest BCUT2D eigenvalue weighted by atomic mass is 10.4. The molecular formula is C15H19N7OS. The minimum Gasteiger partial charge on any atom is -0.331 e. The third-order valence-corrected chi connectivity index (χ3v) is 4.10. The molecule has 126 valence electrons. The third-order valence-electron chi connectivity index (χ3n) is 3.20. The maximum atomic E-state index is 12.1. The van der Waals surface area contributed by atoms with Crippen LogP contribution >= 0.6 is 11.3 Å². The Morgan fingerprint density at radius 3 is 3.04 bits per heavy atom. The summed E-state index contributed by atoms with van der Waals surface area (Å²) in [6, 6.07) is 3.25. The number of urea groups is 1. The van der Waals surface area contributed by atoms with E-state index in [1.165, 1.54) is 11.3 Å². The summed E-state index contributed by atoms with van der Waals surface area (Å²) in [5.74, 6) is 0.568. The molecule has 0 saturated carbocycles. The van der Waals surface area contributed by atoms with Gasteiger partial charge in [0.2, 0.25) is 0 Å². The number of aromatic nitrogens is 4. The van der Waals surface area contributed by atoms with Gasteiger partial charge < -0.3 is 10.2 Å². The van der Waals surface area contributed by atoms with Crippen molar-refractivity contribution in [1.82, 2.24) is 29.8 Å². The fourth-order valence-corrected chi connectivity index (χ4v) is 2.97. The van der Waals surface area contributed by atoms with E-state index in [1.807, 2.05) is 32.5 Å². The molecule has 0 unspecified atom stereocenters. The normalized spacial score (nSPS) is 11.2. The van der Waals surface area contributed by atoms with E-state index in [9.17, 15) is 4.79 Å². The highest BCUT2D eigenvalue weighted by Gasteiger charge is 2.09. The van der Waals surface area contributed by atoms with Gasteiger partial charge in [-0.15, -0.1) is 11.3 Å². The monoisotopic (exact) mass is 345 g/mol. The molecule has 3 rings (SSSR count). The summed E-state index contributed by atoms with van der Waals surface area (Å²) < 4.78 is 1.60. The highest BCUT2D eigenvalue weighted by atomic mass is 32.1. The molecule has 24 heavy (non-hydrogen) atoms. The molecule has 3 aromatic rings. The summed E-state index contributed by atoms with van der Waals surface area (Å²) in [6.07, 6.45) is 1.64. The Labute approximate surface area is 143 Å². The number of hydrogen-bond acceptors (Lipinski definition) is 6. The topological polar surface area (TPSA) is 87.4 Å². The van der Waals surface area contributed by atoms with Crippen LogP contribution in [0.5, 0.6) is 0 Å². The van der Waals surface area contributed by atoms with Gasteiger partial charge in [-0.2, -0.15) is 9.61 Å². The van der Waals surface area contributed by atoms with E-state index < -0.39 is 0 Å². The van der Waals surface area contributed by atoms with Crippen molar-refractivity contribution in [3.05, 3.63) is 40.1 Å². The zero-order valence-corrected chi connectivity index (χ0v) is 14.6. The third kappa shape index (κ3) is 3.87. The van der Waals surface area contributed by atoms with Crippen molar-refractivity contribution >= 4 is 28.8 Å². The Kier molecular flexibility index (Phi) is 4.72. The first kappa shape index (κ1) is 16.3. The highest BCUT2D eigenvalue weighted by Crippen LogP contribution is 2.12. The van der Waals surface area contributed by atoms with Crippen LogP contribution in [-0.4, -0.2) is 44.6 Å². The average Bonchev–Trinajstić information content (AvgIpc) is 3.10. The molecule has 0 aliphatic rings. The van der Waals surface area contributed by atoms with Crippen LogP contribution < -0.4 is 10.6 Å². The summed E-state index contributed by atoms with van der Waals surface area (Å²) in [7, 11) is 3.99. The number of amides is 2. The van der Waals surface area contributed by atoms with Crippen LogP contribution in [0.15, 0.2) is 23.7 Å². The van der Waals surface area contributed by atoms with E-state index in [4.69, 9.17) is 0 Å². The second-order valence-electron chi connectivity index (χ2n) is 5.66. The molecule has 0 fully saturated rings. The largest absolute Gasteiger partial charge is 0.331 e. The van der Waals surface area contributed by atoms with Crippen LogP contribution in [0.25, 0.3) is 5.65 Å². The number of nitrogens with zero attached hydrogens (tertiary/aromatic N) is 5. The van der Waals surface area contributed by atoms with Gasteiger partial charge in [0.15, 0.2) is 5.65 Å². The van der Waals surface area contributed by atoms with E-state index in [2.05, 4.69) is 30.6 Å². The minimum atomic E-state index is -0.306. The van der Waals surface area contributed by atoms with Gasteiger partial charge in [-0.3, -0.25) is 5.32 Å². The Hall–Kier alpha value is -2.52. The number of thiazole rings is 1. The number of anilines is 1. The Bertz CT molecular complexity index is 855. The number of rotatable bonds is 5. The van der Waals surface area contributed by atoms with Gasteiger partial charge >= 0.3 is 6.03 Å². The summed E-state index contributed by atoms with van der Waals surface area (Å²) in [4.78, 5) is 22.9. The van der Waals surface area contributed by atoms with Gasteiger partial charge in [-0.1, -0.05) is 0 Å². The molecule has 3 heterocycles. The van der Waals surface area contributed by atoms with Gasteiger partial charge in [-0.25, -0.2) is 14.8 Å². The van der Waals surface area contributed by atoms with E-state index in [-0.39, 0.29) is 6.03 Å². The summed E-state index contributed by atoms with van der Waals surface area (Å²) in [6.45, 7) is 3.05. The van der Waals surface area contributed by atoms with Crippen molar-refractivity contribution < 1.29 is 4.79 Å². The van der Waals surface area contributed by atoms with E-state index in [0.717, 1.165) is 22.9 Å². The first-order chi connectivity index (χ1) is 11.5. The Morgan fingerprint density at radius 2 is 2.25 bits per heavy atom. The Morgan fingerprint density at radius 1 is 1.42 bits per heavy atom. The number of carbonyl (C=O) groups is 1. The van der Waals surface area contributed by atoms with E-state index in [1.54, 1.807) is 16.8 Å². The fourth-order valence-electron chi connectivity index (χ4n) is 2.25. The highest BCUT2D eigenvalue weighted by molar-refractivity contribution is 7.09. The van der Waals surface area contributed by atoms with Gasteiger partial charge in [-0.05, 0) is 27.1 Å². The second kappa shape index (κ2) is 6.93. The van der Waals surface area contributed by atoms with E-state index >= 15 is 0 Å². The maximum absolute atomic E-state index is 12.1. The standard InChI is InChI=1S/C15H19N7OS/c1-10-6-13-16-5-4-12(22(13)20-10)19-15(23)17-7-14-18-11(9-24-14)8-21(2)3/h4-6,9H,7-8H2,1-3H3,(H2,17,19,23). The molecule has 9 heteroatoms. The smallest absolute Gasteiger partial charge is 0.320 e. The SMILES string of the molecule is Cc1cc2nccc(NC(=O)NCc3nc(CN(C)C)cs3)n2n1. The molecule has 0 spiro atoms. The quantitative estimate of drug-likeness (QED) is 0.737. The van der Waals surface area contributed by atoms with Crippen molar-refractivity contribution in [2.45, 2.75) is 20.0 Å². The maximum Gasteiger partial charge on any atom is 0.320 e. The molecule has 0 aliphatic carbocycles. The molecule has 0 saturated heterocycles. The van der Waals surface area contributed by atoms with Gasteiger partial charge in [0.25, 0.3) is 0 Å². The summed E-state index contributed by atoms with van der Waals surface area (Å²) in [5.41, 5.74) is 2.54. The molecule has 3 aromatic heterocycles. The van der Waals surface area contributed by atoms with E-state index in [0.29, 0.717) is 18.0 Å². The van der Waals surface area contributed by atoms with Gasteiger partial charge in [0, 0.05) is 24.2 Å². The molecule has 0 bridgehead atoms. The number of fused-ring (bicyclic) bond motifs is 1. The lowest BCUT2D eigenvalue weighted by molar-refractivity contribution is 0.251. The predicted molar refractivity (Wildman–Crippen MR) is 93.1 cm³/mol. The molecule has 0 aromatic carbocycles. The first-order valence-corrected chi connectivity index (χ1v) is 8.33. The minimum absolute atomic E-state index is 0.306. The second-order valence-corrected chi connectivity index (χ2v) is 6.61. The zero-order valence-electron chi connectivity index (χ0n) is 13.8. The van der Waals surface area contributed by atoms with Gasteiger partial charge in [0.1, 0.15) is 10.8 Å². The van der Waals surface area contributed by atoms with Crippen molar-refractivity contribution in [3.8, 4) is 0 Å². The molecular weight excluding hydrogens is 326 g/mol. The van der Waals surface area contributed by atoms with Crippen molar-refractivity contribution in [3.63, 3.8) is 0 Å². The molecule has 2 amide bonds. The van der Waals surface area contributed by atoms with Crippen LogP contribution in [0.1, 0.15) is 16.4 Å². The van der Waals surface area contributed by atoms with Crippen LogP contribution in [0.3, 0.4) is 0 Å². The van der Waals surface area contributed by atoms with Crippen molar-refractivity contribution in [2.24, 2.45) is 0 Å². The number of carbonyl (C=O) groups excluding carboxylic acids is 1. The molecule has 0 radical (unpaired) electrons. The van der Waals surface area contributed by atoms with Crippen LogP contribution in [0.2, 0.25) is 0 Å².